The highest BCUT2D eigenvalue weighted by atomic mass is 15.2. The predicted octanol–water partition coefficient (Wildman–Crippen LogP) is 15.4. The van der Waals surface area contributed by atoms with Crippen LogP contribution in [0, 0.1) is 0 Å². The van der Waals surface area contributed by atoms with Gasteiger partial charge < -0.3 is 9.47 Å². The Morgan fingerprint density at radius 1 is 0.491 bits per heavy atom. The van der Waals surface area contributed by atoms with Gasteiger partial charge in [-0.05, 0) is 93.7 Å². The second-order valence-electron chi connectivity index (χ2n) is 16.7. The average Bonchev–Trinajstić information content (AvgIpc) is 3.73. The molecule has 11 rings (SSSR count). The van der Waals surface area contributed by atoms with Crippen molar-refractivity contribution in [2.24, 2.45) is 0 Å². The van der Waals surface area contributed by atoms with Gasteiger partial charge in [-0.25, -0.2) is 0 Å². The number of para-hydroxylation sites is 4. The molecular weight excluding hydrogens is 689 g/mol. The summed E-state index contributed by atoms with van der Waals surface area (Å²) in [6.45, 7) is 4.77. The smallest absolute Gasteiger partial charge is 0.0782 e. The summed E-state index contributed by atoms with van der Waals surface area (Å²) in [5.74, 6) is 0.582. The van der Waals surface area contributed by atoms with Gasteiger partial charge in [0.2, 0.25) is 0 Å². The fourth-order valence-electron chi connectivity index (χ4n) is 10.6. The van der Waals surface area contributed by atoms with Crippen LogP contribution in [0.1, 0.15) is 68.6 Å². The van der Waals surface area contributed by atoms with Crippen LogP contribution in [0.3, 0.4) is 0 Å². The van der Waals surface area contributed by atoms with E-state index in [1.807, 2.05) is 0 Å². The Labute approximate surface area is 335 Å². The van der Waals surface area contributed by atoms with Crippen molar-refractivity contribution in [1.82, 2.24) is 4.57 Å². The van der Waals surface area contributed by atoms with Gasteiger partial charge >= 0.3 is 0 Å². The molecule has 8 aromatic carbocycles. The molecule has 0 spiro atoms. The third kappa shape index (κ3) is 5.23. The fraction of sp³-hybridized carbons (Fsp3) is 0.164. The lowest BCUT2D eigenvalue weighted by Gasteiger charge is -2.32. The normalized spacial score (nSPS) is 14.9. The van der Waals surface area contributed by atoms with Crippen molar-refractivity contribution in [2.45, 2.75) is 57.3 Å². The Balaban J connectivity index is 1.27. The molecule has 2 aliphatic carbocycles. The monoisotopic (exact) mass is 734 g/mol. The molecular formula is C55H46N2. The number of hydrogen-bond donors (Lipinski definition) is 0. The first-order valence-corrected chi connectivity index (χ1v) is 20.8. The highest BCUT2D eigenvalue weighted by Crippen LogP contribution is 2.56. The van der Waals surface area contributed by atoms with Gasteiger partial charge in [0, 0.05) is 33.0 Å². The van der Waals surface area contributed by atoms with Crippen molar-refractivity contribution in [3.8, 4) is 27.9 Å². The summed E-state index contributed by atoms with van der Waals surface area (Å²) in [6, 6.07) is 65.9. The van der Waals surface area contributed by atoms with Crippen LogP contribution in [-0.2, 0) is 5.41 Å². The zero-order valence-corrected chi connectivity index (χ0v) is 32.8. The van der Waals surface area contributed by atoms with E-state index in [2.05, 4.69) is 199 Å². The molecule has 1 saturated carbocycles. The van der Waals surface area contributed by atoms with E-state index in [0.29, 0.717) is 5.92 Å². The molecule has 57 heavy (non-hydrogen) atoms. The topological polar surface area (TPSA) is 8.17 Å². The molecule has 1 heterocycles. The highest BCUT2D eigenvalue weighted by Gasteiger charge is 2.38. The van der Waals surface area contributed by atoms with Crippen LogP contribution >= 0.6 is 0 Å². The van der Waals surface area contributed by atoms with Crippen molar-refractivity contribution in [1.29, 1.82) is 0 Å². The fourth-order valence-corrected chi connectivity index (χ4v) is 10.6. The molecule has 9 aromatic rings. The van der Waals surface area contributed by atoms with E-state index < -0.39 is 0 Å². The Bertz CT molecular complexity index is 2970. The maximum absolute atomic E-state index is 2.61. The van der Waals surface area contributed by atoms with E-state index in [1.165, 1.54) is 115 Å². The van der Waals surface area contributed by atoms with Gasteiger partial charge in [-0.2, -0.15) is 0 Å². The quantitative estimate of drug-likeness (QED) is 0.165. The molecule has 2 nitrogen and oxygen atoms in total. The van der Waals surface area contributed by atoms with E-state index in [-0.39, 0.29) is 5.41 Å². The standard InChI is InChI=1S/C55H46N2/c1-55(2)46-31-12-9-27-45(46)53-47(55)32-18-35-50(53)57(51-36-17-30-44-42-26-11-13-33-48(42)56(54(44)51)39-23-7-4-8-24-39)49-34-14-10-25-41(49)43-29-16-22-38-21-15-28-40(52(38)43)37-19-5-3-6-20-37/h4,7-18,21-37H,3,5-6,19-20H2,1-2H3. The summed E-state index contributed by atoms with van der Waals surface area (Å²) in [5.41, 5.74) is 16.4. The van der Waals surface area contributed by atoms with Gasteiger partial charge in [0.05, 0.1) is 28.1 Å². The average molecular weight is 735 g/mol. The van der Waals surface area contributed by atoms with E-state index >= 15 is 0 Å². The van der Waals surface area contributed by atoms with Crippen molar-refractivity contribution < 1.29 is 0 Å². The van der Waals surface area contributed by atoms with E-state index in [0.717, 1.165) is 11.4 Å². The number of fused-ring (bicyclic) bond motifs is 7. The summed E-state index contributed by atoms with van der Waals surface area (Å²) in [5, 5.41) is 5.22. The summed E-state index contributed by atoms with van der Waals surface area (Å²) in [7, 11) is 0. The Morgan fingerprint density at radius 2 is 1.11 bits per heavy atom. The maximum Gasteiger partial charge on any atom is 0.0782 e. The SMILES string of the molecule is CC1(C)c2ccccc2-c2c(N(c3ccccc3-c3cccc4cccc(C5CCCCC5)c34)c3cccc4c5ccccc5n(-c5ccccc5)c34)cccc21. The van der Waals surface area contributed by atoms with Crippen LogP contribution in [-0.4, -0.2) is 4.57 Å². The molecule has 276 valence electrons. The first-order chi connectivity index (χ1) is 28.1. The van der Waals surface area contributed by atoms with Crippen LogP contribution in [0.15, 0.2) is 176 Å². The van der Waals surface area contributed by atoms with Crippen molar-refractivity contribution in [3.05, 3.63) is 193 Å². The van der Waals surface area contributed by atoms with Crippen molar-refractivity contribution >= 4 is 49.6 Å². The first-order valence-electron chi connectivity index (χ1n) is 20.8. The molecule has 1 aromatic heterocycles. The van der Waals surface area contributed by atoms with Crippen LogP contribution in [0.2, 0.25) is 0 Å². The number of benzene rings is 8. The Hall–Kier alpha value is -6.38. The zero-order valence-electron chi connectivity index (χ0n) is 32.8. The van der Waals surface area contributed by atoms with Gasteiger partial charge in [0.15, 0.2) is 0 Å². The molecule has 2 heteroatoms. The van der Waals surface area contributed by atoms with Gasteiger partial charge in [-0.15, -0.1) is 0 Å². The molecule has 0 radical (unpaired) electrons. The molecule has 2 aliphatic rings. The van der Waals surface area contributed by atoms with Crippen molar-refractivity contribution in [3.63, 3.8) is 0 Å². The third-order valence-electron chi connectivity index (χ3n) is 13.2. The molecule has 0 unspecified atom stereocenters. The Kier molecular flexibility index (Phi) is 7.96. The Morgan fingerprint density at radius 3 is 1.96 bits per heavy atom. The number of anilines is 3. The lowest BCUT2D eigenvalue weighted by Crippen LogP contribution is -2.16. The summed E-state index contributed by atoms with van der Waals surface area (Å²) >= 11 is 0. The van der Waals surface area contributed by atoms with Crippen LogP contribution in [0.5, 0.6) is 0 Å². The minimum atomic E-state index is -0.136. The highest BCUT2D eigenvalue weighted by molar-refractivity contribution is 6.16. The zero-order chi connectivity index (χ0) is 38.1. The van der Waals surface area contributed by atoms with Crippen LogP contribution in [0.25, 0.3) is 60.5 Å². The van der Waals surface area contributed by atoms with E-state index in [1.54, 1.807) is 0 Å². The molecule has 1 fully saturated rings. The molecule has 0 aliphatic heterocycles. The van der Waals surface area contributed by atoms with Gasteiger partial charge in [0.1, 0.15) is 0 Å². The minimum absolute atomic E-state index is 0.136. The number of rotatable bonds is 6. The molecule has 0 bridgehead atoms. The van der Waals surface area contributed by atoms with E-state index in [9.17, 15) is 0 Å². The lowest BCUT2D eigenvalue weighted by atomic mass is 9.80. The van der Waals surface area contributed by atoms with Gasteiger partial charge in [-0.3, -0.25) is 0 Å². The second kappa shape index (κ2) is 13.4. The second-order valence-corrected chi connectivity index (χ2v) is 16.7. The van der Waals surface area contributed by atoms with E-state index in [4.69, 9.17) is 0 Å². The van der Waals surface area contributed by atoms with Gasteiger partial charge in [0.25, 0.3) is 0 Å². The third-order valence-corrected chi connectivity index (χ3v) is 13.2. The van der Waals surface area contributed by atoms with Crippen LogP contribution < -0.4 is 4.90 Å². The molecule has 0 amide bonds. The number of aromatic nitrogens is 1. The number of nitrogens with zero attached hydrogens (tertiary/aromatic N) is 2. The first kappa shape index (κ1) is 33.9. The summed E-state index contributed by atoms with van der Waals surface area (Å²) in [6.07, 6.45) is 6.49. The summed E-state index contributed by atoms with van der Waals surface area (Å²) in [4.78, 5) is 2.61. The molecule has 0 N–H and O–H groups in total. The summed E-state index contributed by atoms with van der Waals surface area (Å²) < 4.78 is 2.48. The molecule has 0 saturated heterocycles. The predicted molar refractivity (Wildman–Crippen MR) is 242 cm³/mol. The van der Waals surface area contributed by atoms with Crippen molar-refractivity contribution in [2.75, 3.05) is 4.90 Å². The van der Waals surface area contributed by atoms with Gasteiger partial charge in [-0.1, -0.05) is 173 Å². The minimum Gasteiger partial charge on any atom is -0.307 e. The number of hydrogen-bond acceptors (Lipinski definition) is 1. The maximum atomic E-state index is 2.61. The van der Waals surface area contributed by atoms with Crippen LogP contribution in [0.4, 0.5) is 17.1 Å². The lowest BCUT2D eigenvalue weighted by molar-refractivity contribution is 0.445. The molecule has 0 atom stereocenters. The largest absolute Gasteiger partial charge is 0.307 e.